The van der Waals surface area contributed by atoms with Crippen LogP contribution in [-0.2, 0) is 18.9 Å². The van der Waals surface area contributed by atoms with Crippen molar-refractivity contribution in [2.75, 3.05) is 6.61 Å². The largest absolute Gasteiger partial charge is 0.691 e. The number of halogens is 6. The molecule has 2 aromatic rings. The van der Waals surface area contributed by atoms with Gasteiger partial charge in [0.2, 0.25) is 0 Å². The maximum absolute atomic E-state index is 13.3. The van der Waals surface area contributed by atoms with E-state index in [0.29, 0.717) is 11.1 Å². The molecule has 0 saturated heterocycles. The van der Waals surface area contributed by atoms with Crippen molar-refractivity contribution in [2.24, 2.45) is 0 Å². The standard InChI is InChI=1S/C18H12F6O5S/c19-17(20,21)16(18(22,23)24,30-29-28-26)15(25)27-9-14-12-7-3-1-5-10(12)11-6-2-4-8-13(11)14/h1-8,14,26H,9H2/p-1. The third kappa shape index (κ3) is 3.64. The molecule has 0 radical (unpaired) electrons. The van der Waals surface area contributed by atoms with Crippen LogP contribution in [0.5, 0.6) is 0 Å². The average Bonchev–Trinajstić information content (AvgIpc) is 2.98. The van der Waals surface area contributed by atoms with E-state index in [1.165, 1.54) is 0 Å². The SMILES string of the molecule is O=C(OCC1c2ccccc2-c2ccccc21)C(SOO[O-])(C(F)(F)F)C(F)(F)F. The highest BCUT2D eigenvalue weighted by Crippen LogP contribution is 2.53. The van der Waals surface area contributed by atoms with Crippen molar-refractivity contribution in [3.05, 3.63) is 59.7 Å². The fourth-order valence-electron chi connectivity index (χ4n) is 3.29. The first kappa shape index (κ1) is 22.4. The molecule has 0 atom stereocenters. The Labute approximate surface area is 169 Å². The van der Waals surface area contributed by atoms with E-state index in [4.69, 9.17) is 0 Å². The number of hydrogen-bond donors (Lipinski definition) is 0. The maximum Gasteiger partial charge on any atom is 0.425 e. The van der Waals surface area contributed by atoms with Crippen LogP contribution >= 0.6 is 12.0 Å². The zero-order valence-electron chi connectivity index (χ0n) is 14.6. The summed E-state index contributed by atoms with van der Waals surface area (Å²) in [5.41, 5.74) is 2.62. The van der Waals surface area contributed by atoms with E-state index in [1.807, 2.05) is 0 Å². The van der Waals surface area contributed by atoms with Gasteiger partial charge >= 0.3 is 23.1 Å². The topological polar surface area (TPSA) is 67.8 Å². The summed E-state index contributed by atoms with van der Waals surface area (Å²) < 4.78 is 82.7. The van der Waals surface area contributed by atoms with Gasteiger partial charge in [0.15, 0.2) is 0 Å². The third-order valence-electron chi connectivity index (χ3n) is 4.62. The Kier molecular flexibility index (Phi) is 6.05. The van der Waals surface area contributed by atoms with Crippen LogP contribution in [0.15, 0.2) is 48.5 Å². The highest BCUT2D eigenvalue weighted by Gasteiger charge is 2.79. The Morgan fingerprint density at radius 1 is 0.900 bits per heavy atom. The van der Waals surface area contributed by atoms with Gasteiger partial charge in [-0.3, -0.25) is 5.04 Å². The Hall–Kier alpha value is -2.28. The Balaban J connectivity index is 1.93. The second-order valence-electron chi connectivity index (χ2n) is 6.22. The average molecular weight is 453 g/mol. The molecular formula is C18H11F6O5S-. The first-order chi connectivity index (χ1) is 14.0. The summed E-state index contributed by atoms with van der Waals surface area (Å²) in [4.78, 5) is 12.1. The normalized spacial score (nSPS) is 14.4. The van der Waals surface area contributed by atoms with Gasteiger partial charge in [0, 0.05) is 5.92 Å². The van der Waals surface area contributed by atoms with E-state index >= 15 is 0 Å². The molecule has 12 heteroatoms. The van der Waals surface area contributed by atoms with Gasteiger partial charge < -0.3 is 9.99 Å². The van der Waals surface area contributed by atoms with Crippen molar-refractivity contribution in [1.29, 1.82) is 0 Å². The Morgan fingerprint density at radius 3 is 1.80 bits per heavy atom. The van der Waals surface area contributed by atoms with Gasteiger partial charge in [0.25, 0.3) is 0 Å². The van der Waals surface area contributed by atoms with Crippen molar-refractivity contribution in [2.45, 2.75) is 23.0 Å². The molecule has 0 bridgehead atoms. The molecule has 0 spiro atoms. The lowest BCUT2D eigenvalue weighted by Gasteiger charge is -2.33. The predicted molar refractivity (Wildman–Crippen MR) is 89.3 cm³/mol. The van der Waals surface area contributed by atoms with Gasteiger partial charge in [-0.1, -0.05) is 48.5 Å². The quantitative estimate of drug-likeness (QED) is 0.216. The van der Waals surface area contributed by atoms with Gasteiger partial charge in [-0.2, -0.15) is 30.7 Å². The molecule has 0 unspecified atom stereocenters. The number of carbonyl (C=O) groups excluding carboxylic acids is 1. The summed E-state index contributed by atoms with van der Waals surface area (Å²) in [6.07, 6.45) is -12.4. The van der Waals surface area contributed by atoms with Crippen molar-refractivity contribution >= 4 is 18.0 Å². The number of ether oxygens (including phenoxy) is 1. The van der Waals surface area contributed by atoms with Gasteiger partial charge in [-0.15, -0.1) is 0 Å². The molecule has 30 heavy (non-hydrogen) atoms. The number of carbonyl (C=O) groups is 1. The van der Waals surface area contributed by atoms with Gasteiger partial charge in [0.1, 0.15) is 6.61 Å². The molecule has 2 aromatic carbocycles. The Morgan fingerprint density at radius 2 is 1.37 bits per heavy atom. The fourth-order valence-corrected chi connectivity index (χ4v) is 3.73. The van der Waals surface area contributed by atoms with Crippen LogP contribution in [0.3, 0.4) is 0 Å². The third-order valence-corrected chi connectivity index (χ3v) is 5.62. The highest BCUT2D eigenvalue weighted by molar-refractivity contribution is 7.96. The smallest absolute Gasteiger partial charge is 0.425 e. The number of fused-ring (bicyclic) bond motifs is 3. The van der Waals surface area contributed by atoms with Crippen LogP contribution in [0.2, 0.25) is 0 Å². The molecule has 162 valence electrons. The molecule has 1 aliphatic rings. The van der Waals surface area contributed by atoms with Crippen LogP contribution in [0.4, 0.5) is 26.3 Å². The van der Waals surface area contributed by atoms with Gasteiger partial charge in [-0.05, 0) is 22.3 Å². The van der Waals surface area contributed by atoms with E-state index in [1.54, 1.807) is 48.5 Å². The molecule has 1 aliphatic carbocycles. The van der Waals surface area contributed by atoms with Crippen LogP contribution in [0, 0.1) is 0 Å². The van der Waals surface area contributed by atoms with E-state index < -0.39 is 47.6 Å². The van der Waals surface area contributed by atoms with E-state index in [9.17, 15) is 36.4 Å². The molecule has 0 heterocycles. The zero-order valence-corrected chi connectivity index (χ0v) is 15.4. The number of benzene rings is 2. The maximum atomic E-state index is 13.3. The molecule has 3 rings (SSSR count). The molecule has 0 aromatic heterocycles. The lowest BCUT2D eigenvalue weighted by Crippen LogP contribution is -2.60. The number of alkyl halides is 6. The number of esters is 1. The highest BCUT2D eigenvalue weighted by atomic mass is 32.2. The molecule has 0 saturated carbocycles. The second kappa shape index (κ2) is 8.10. The first-order valence-electron chi connectivity index (χ1n) is 8.18. The summed E-state index contributed by atoms with van der Waals surface area (Å²) in [6, 6.07) is 13.5. The number of hydrogen-bond acceptors (Lipinski definition) is 6. The molecule has 0 fully saturated rings. The second-order valence-corrected chi connectivity index (χ2v) is 7.14. The summed E-state index contributed by atoms with van der Waals surface area (Å²) in [5, 5.41) is 12.5. The fraction of sp³-hybridized carbons (Fsp3) is 0.278. The molecular weight excluding hydrogens is 442 g/mol. The summed E-state index contributed by atoms with van der Waals surface area (Å²) >= 11 is -1.51. The lowest BCUT2D eigenvalue weighted by molar-refractivity contribution is -0.777. The molecule has 0 aliphatic heterocycles. The minimum Gasteiger partial charge on any atom is -0.691 e. The molecule has 5 nitrogen and oxygen atoms in total. The van der Waals surface area contributed by atoms with Crippen molar-refractivity contribution in [3.8, 4) is 11.1 Å². The van der Waals surface area contributed by atoms with Crippen LogP contribution in [0.25, 0.3) is 11.1 Å². The van der Waals surface area contributed by atoms with Crippen molar-refractivity contribution < 1.29 is 50.5 Å². The molecule has 0 N–H and O–H groups in total. The summed E-state index contributed by atoms with van der Waals surface area (Å²) in [7, 11) is 0. The van der Waals surface area contributed by atoms with Gasteiger partial charge in [0.05, 0.1) is 12.0 Å². The Bertz CT molecular complexity index is 870. The minimum absolute atomic E-state index is 0.586. The predicted octanol–water partition coefficient (Wildman–Crippen LogP) is 4.08. The zero-order chi connectivity index (χ0) is 22.2. The van der Waals surface area contributed by atoms with Crippen LogP contribution in [0.1, 0.15) is 17.0 Å². The summed E-state index contributed by atoms with van der Waals surface area (Å²) in [6.45, 7) is -0.792. The van der Waals surface area contributed by atoms with E-state index in [2.05, 4.69) is 14.1 Å². The summed E-state index contributed by atoms with van der Waals surface area (Å²) in [5.74, 6) is -3.45. The number of rotatable bonds is 6. The van der Waals surface area contributed by atoms with E-state index in [0.717, 1.165) is 11.1 Å². The lowest BCUT2D eigenvalue weighted by atomic mass is 9.98. The minimum atomic E-state index is -6.20. The van der Waals surface area contributed by atoms with Crippen LogP contribution < -0.4 is 5.26 Å². The van der Waals surface area contributed by atoms with E-state index in [-0.39, 0.29) is 0 Å². The van der Waals surface area contributed by atoms with Crippen LogP contribution in [-0.4, -0.2) is 29.7 Å². The monoisotopic (exact) mass is 453 g/mol. The van der Waals surface area contributed by atoms with Gasteiger partial charge in [-0.25, -0.2) is 4.79 Å². The molecule has 0 amide bonds. The van der Waals surface area contributed by atoms with Crippen molar-refractivity contribution in [3.63, 3.8) is 0 Å². The van der Waals surface area contributed by atoms with Crippen molar-refractivity contribution in [1.82, 2.24) is 0 Å². The first-order valence-corrected chi connectivity index (χ1v) is 8.92.